The highest BCUT2D eigenvalue weighted by atomic mass is 16.2. The van der Waals surface area contributed by atoms with Gasteiger partial charge < -0.3 is 4.90 Å². The van der Waals surface area contributed by atoms with Crippen molar-refractivity contribution in [3.63, 3.8) is 0 Å². The molecule has 0 aliphatic carbocycles. The predicted molar refractivity (Wildman–Crippen MR) is 96.0 cm³/mol. The first-order valence-electron chi connectivity index (χ1n) is 8.08. The molecule has 0 fully saturated rings. The molecule has 1 atom stereocenters. The minimum atomic E-state index is -0.0541. The van der Waals surface area contributed by atoms with Crippen molar-refractivity contribution in [1.29, 1.82) is 0 Å². The SMILES string of the molecule is CC1CC(=O)N(C)c2ccc(-n3c(=O)ccc4ccccc43)cc21. The van der Waals surface area contributed by atoms with E-state index in [1.54, 1.807) is 22.6 Å². The zero-order chi connectivity index (χ0) is 16.8. The molecule has 1 unspecified atom stereocenters. The minimum absolute atomic E-state index is 0.0541. The fourth-order valence-corrected chi connectivity index (χ4v) is 3.48. The van der Waals surface area contributed by atoms with E-state index >= 15 is 0 Å². The second-order valence-corrected chi connectivity index (χ2v) is 6.37. The van der Waals surface area contributed by atoms with Gasteiger partial charge >= 0.3 is 0 Å². The van der Waals surface area contributed by atoms with Crippen molar-refractivity contribution < 1.29 is 4.79 Å². The lowest BCUT2D eigenvalue weighted by Crippen LogP contribution is -2.32. The molecule has 3 aromatic rings. The number of hydrogen-bond acceptors (Lipinski definition) is 2. The lowest BCUT2D eigenvalue weighted by atomic mass is 9.91. The van der Waals surface area contributed by atoms with Crippen LogP contribution in [0.2, 0.25) is 0 Å². The summed E-state index contributed by atoms with van der Waals surface area (Å²) in [6.07, 6.45) is 0.497. The minimum Gasteiger partial charge on any atom is -0.315 e. The Morgan fingerprint density at radius 1 is 1.00 bits per heavy atom. The molecule has 24 heavy (non-hydrogen) atoms. The number of aromatic nitrogens is 1. The molecule has 1 amide bonds. The fraction of sp³-hybridized carbons (Fsp3) is 0.200. The summed E-state index contributed by atoms with van der Waals surface area (Å²) in [5.41, 5.74) is 3.70. The summed E-state index contributed by atoms with van der Waals surface area (Å²) in [7, 11) is 1.80. The summed E-state index contributed by atoms with van der Waals surface area (Å²) < 4.78 is 1.73. The first kappa shape index (κ1) is 14.7. The first-order valence-corrected chi connectivity index (χ1v) is 8.08. The van der Waals surface area contributed by atoms with Crippen LogP contribution in [0.4, 0.5) is 5.69 Å². The molecule has 2 aromatic carbocycles. The molecule has 120 valence electrons. The largest absolute Gasteiger partial charge is 0.315 e. The summed E-state index contributed by atoms with van der Waals surface area (Å²) in [5.74, 6) is 0.277. The van der Waals surface area contributed by atoms with Crippen molar-refractivity contribution in [2.24, 2.45) is 0 Å². The van der Waals surface area contributed by atoms with Crippen LogP contribution < -0.4 is 10.5 Å². The molecule has 0 saturated carbocycles. The predicted octanol–water partition coefficient (Wildman–Crippen LogP) is 3.46. The van der Waals surface area contributed by atoms with E-state index in [1.807, 2.05) is 48.5 Å². The summed E-state index contributed by atoms with van der Waals surface area (Å²) in [6, 6.07) is 17.2. The first-order chi connectivity index (χ1) is 11.6. The molecule has 4 nitrogen and oxygen atoms in total. The highest BCUT2D eigenvalue weighted by Crippen LogP contribution is 2.36. The molecular formula is C20H18N2O2. The Morgan fingerprint density at radius 3 is 2.62 bits per heavy atom. The molecule has 0 bridgehead atoms. The summed E-state index contributed by atoms with van der Waals surface area (Å²) >= 11 is 0. The van der Waals surface area contributed by atoms with Crippen molar-refractivity contribution in [2.75, 3.05) is 11.9 Å². The van der Waals surface area contributed by atoms with E-state index < -0.39 is 0 Å². The van der Waals surface area contributed by atoms with E-state index in [0.29, 0.717) is 6.42 Å². The maximum atomic E-state index is 12.5. The Hall–Kier alpha value is -2.88. The monoisotopic (exact) mass is 318 g/mol. The van der Waals surface area contributed by atoms with Gasteiger partial charge in [0.25, 0.3) is 5.56 Å². The Balaban J connectivity index is 1.97. The van der Waals surface area contributed by atoms with E-state index in [1.165, 1.54) is 0 Å². The van der Waals surface area contributed by atoms with Crippen molar-refractivity contribution in [1.82, 2.24) is 4.57 Å². The maximum absolute atomic E-state index is 12.5. The number of nitrogens with zero attached hydrogens (tertiary/aromatic N) is 2. The number of carbonyl (C=O) groups is 1. The van der Waals surface area contributed by atoms with Crippen LogP contribution in [-0.4, -0.2) is 17.5 Å². The van der Waals surface area contributed by atoms with Crippen LogP contribution in [0.1, 0.15) is 24.8 Å². The molecule has 0 spiro atoms. The van der Waals surface area contributed by atoms with Gasteiger partial charge in [0.05, 0.1) is 5.52 Å². The number of rotatable bonds is 1. The van der Waals surface area contributed by atoms with Crippen LogP contribution in [0, 0.1) is 0 Å². The third kappa shape index (κ3) is 2.14. The topological polar surface area (TPSA) is 42.3 Å². The van der Waals surface area contributed by atoms with Crippen molar-refractivity contribution in [3.05, 3.63) is 70.5 Å². The highest BCUT2D eigenvalue weighted by Gasteiger charge is 2.26. The lowest BCUT2D eigenvalue weighted by Gasteiger charge is -2.30. The van der Waals surface area contributed by atoms with E-state index in [0.717, 1.165) is 27.8 Å². The van der Waals surface area contributed by atoms with E-state index in [-0.39, 0.29) is 17.4 Å². The number of benzene rings is 2. The van der Waals surface area contributed by atoms with Gasteiger partial charge in [-0.1, -0.05) is 25.1 Å². The average Bonchev–Trinajstić information content (AvgIpc) is 2.59. The molecule has 1 aliphatic heterocycles. The lowest BCUT2D eigenvalue weighted by molar-refractivity contribution is -0.119. The molecule has 0 N–H and O–H groups in total. The van der Waals surface area contributed by atoms with Gasteiger partial charge in [0.1, 0.15) is 0 Å². The zero-order valence-corrected chi connectivity index (χ0v) is 13.7. The number of anilines is 1. The van der Waals surface area contributed by atoms with Crippen LogP contribution in [0.25, 0.3) is 16.6 Å². The number of fused-ring (bicyclic) bond motifs is 2. The number of carbonyl (C=O) groups excluding carboxylic acids is 1. The highest BCUT2D eigenvalue weighted by molar-refractivity contribution is 5.96. The summed E-state index contributed by atoms with van der Waals surface area (Å²) in [5, 5.41) is 1.02. The van der Waals surface area contributed by atoms with Gasteiger partial charge in [-0.05, 0) is 47.2 Å². The van der Waals surface area contributed by atoms with Crippen molar-refractivity contribution >= 4 is 22.5 Å². The molecule has 0 saturated heterocycles. The van der Waals surface area contributed by atoms with Crippen LogP contribution in [0.3, 0.4) is 0 Å². The van der Waals surface area contributed by atoms with Crippen molar-refractivity contribution in [3.8, 4) is 5.69 Å². The molecular weight excluding hydrogens is 300 g/mol. The molecule has 1 aliphatic rings. The zero-order valence-electron chi connectivity index (χ0n) is 13.7. The Labute approximate surface area is 140 Å². The maximum Gasteiger partial charge on any atom is 0.255 e. The van der Waals surface area contributed by atoms with Crippen molar-refractivity contribution in [2.45, 2.75) is 19.3 Å². The Morgan fingerprint density at radius 2 is 1.79 bits per heavy atom. The quantitative estimate of drug-likeness (QED) is 0.689. The van der Waals surface area contributed by atoms with Crippen LogP contribution in [0.15, 0.2) is 59.4 Å². The fourth-order valence-electron chi connectivity index (χ4n) is 3.48. The Kier molecular flexibility index (Phi) is 3.27. The second-order valence-electron chi connectivity index (χ2n) is 6.37. The molecule has 4 rings (SSSR count). The van der Waals surface area contributed by atoms with E-state index in [2.05, 4.69) is 6.92 Å². The summed E-state index contributed by atoms with van der Waals surface area (Å²) in [6.45, 7) is 2.05. The average molecular weight is 318 g/mol. The van der Waals surface area contributed by atoms with Crippen LogP contribution >= 0.6 is 0 Å². The second kappa shape index (κ2) is 5.34. The third-order valence-electron chi connectivity index (χ3n) is 4.82. The van der Waals surface area contributed by atoms with Gasteiger partial charge in [-0.15, -0.1) is 0 Å². The van der Waals surface area contributed by atoms with E-state index in [9.17, 15) is 9.59 Å². The van der Waals surface area contributed by atoms with Gasteiger partial charge in [0.2, 0.25) is 5.91 Å². The van der Waals surface area contributed by atoms with Gasteiger partial charge in [-0.3, -0.25) is 14.2 Å². The molecule has 2 heterocycles. The van der Waals surface area contributed by atoms with E-state index in [4.69, 9.17) is 0 Å². The standard InChI is InChI=1S/C20H18N2O2/c1-13-11-20(24)21(2)18-9-8-15(12-16(13)18)22-17-6-4-3-5-14(17)7-10-19(22)23/h3-10,12-13H,11H2,1-2H3. The third-order valence-corrected chi connectivity index (χ3v) is 4.82. The normalized spacial score (nSPS) is 17.2. The van der Waals surface area contributed by atoms with Gasteiger partial charge in [0, 0.05) is 30.9 Å². The number of hydrogen-bond donors (Lipinski definition) is 0. The molecule has 0 radical (unpaired) electrons. The number of amides is 1. The molecule has 4 heteroatoms. The van der Waals surface area contributed by atoms with Crippen LogP contribution in [-0.2, 0) is 4.79 Å². The van der Waals surface area contributed by atoms with Gasteiger partial charge in [-0.25, -0.2) is 0 Å². The van der Waals surface area contributed by atoms with Crippen LogP contribution in [0.5, 0.6) is 0 Å². The number of pyridine rings is 1. The molecule has 1 aromatic heterocycles. The Bertz CT molecular complexity index is 1020. The van der Waals surface area contributed by atoms with Gasteiger partial charge in [0.15, 0.2) is 0 Å². The van der Waals surface area contributed by atoms with Gasteiger partial charge in [-0.2, -0.15) is 0 Å². The smallest absolute Gasteiger partial charge is 0.255 e. The number of para-hydroxylation sites is 1. The summed E-state index contributed by atoms with van der Waals surface area (Å²) in [4.78, 5) is 26.2.